The second kappa shape index (κ2) is 8.64. The highest BCUT2D eigenvalue weighted by Crippen LogP contribution is 2.20. The fourth-order valence-electron chi connectivity index (χ4n) is 2.71. The van der Waals surface area contributed by atoms with Crippen LogP contribution in [0, 0.1) is 6.92 Å². The number of carbonyl (C=O) groups is 2. The number of piperidine rings is 1. The van der Waals surface area contributed by atoms with Gasteiger partial charge in [0.15, 0.2) is 0 Å². The first kappa shape index (κ1) is 17.4. The summed E-state index contributed by atoms with van der Waals surface area (Å²) >= 11 is 0. The number of benzene rings is 1. The van der Waals surface area contributed by atoms with Gasteiger partial charge in [-0.25, -0.2) is 0 Å². The number of hydrogen-bond acceptors (Lipinski definition) is 4. The van der Waals surface area contributed by atoms with Crippen molar-refractivity contribution >= 4 is 23.2 Å². The van der Waals surface area contributed by atoms with Gasteiger partial charge in [-0.1, -0.05) is 12.5 Å². The third-order valence-corrected chi connectivity index (χ3v) is 3.95. The summed E-state index contributed by atoms with van der Waals surface area (Å²) in [5, 5.41) is 8.56. The molecule has 0 atom stereocenters. The van der Waals surface area contributed by atoms with Gasteiger partial charge in [0.25, 0.3) is 0 Å². The van der Waals surface area contributed by atoms with E-state index < -0.39 is 0 Å². The Labute approximate surface area is 137 Å². The predicted octanol–water partition coefficient (Wildman–Crippen LogP) is 1.58. The van der Waals surface area contributed by atoms with Gasteiger partial charge in [-0.05, 0) is 57.6 Å². The van der Waals surface area contributed by atoms with Crippen molar-refractivity contribution in [3.63, 3.8) is 0 Å². The Morgan fingerprint density at radius 1 is 1.09 bits per heavy atom. The first-order chi connectivity index (χ1) is 11.1. The minimum absolute atomic E-state index is 0.00583. The Kier molecular flexibility index (Phi) is 6.55. The Bertz CT molecular complexity index is 554. The molecule has 0 aliphatic carbocycles. The van der Waals surface area contributed by atoms with Crippen LogP contribution in [0.1, 0.15) is 24.8 Å². The summed E-state index contributed by atoms with van der Waals surface area (Å²) in [4.78, 5) is 26.0. The lowest BCUT2D eigenvalue weighted by molar-refractivity contribution is -0.117. The molecule has 1 fully saturated rings. The smallest absolute Gasteiger partial charge is 0.238 e. The van der Waals surface area contributed by atoms with Crippen molar-refractivity contribution in [1.29, 1.82) is 0 Å². The van der Waals surface area contributed by atoms with Crippen LogP contribution in [0.2, 0.25) is 0 Å². The van der Waals surface area contributed by atoms with Gasteiger partial charge in [0.05, 0.1) is 13.1 Å². The van der Waals surface area contributed by atoms with Crippen LogP contribution in [0.25, 0.3) is 0 Å². The number of nitrogens with one attached hydrogen (secondary N) is 3. The molecule has 1 aromatic carbocycles. The molecule has 1 aliphatic rings. The highest BCUT2D eigenvalue weighted by molar-refractivity contribution is 5.96. The van der Waals surface area contributed by atoms with E-state index in [2.05, 4.69) is 20.9 Å². The number of carbonyl (C=O) groups excluding carboxylic acids is 2. The van der Waals surface area contributed by atoms with E-state index in [1.165, 1.54) is 19.3 Å². The molecule has 2 rings (SSSR count). The predicted molar refractivity (Wildman–Crippen MR) is 92.7 cm³/mol. The molecule has 1 aromatic rings. The molecule has 0 unspecified atom stereocenters. The van der Waals surface area contributed by atoms with Gasteiger partial charge in [-0.15, -0.1) is 0 Å². The van der Waals surface area contributed by atoms with E-state index in [-0.39, 0.29) is 18.4 Å². The minimum atomic E-state index is -0.109. The van der Waals surface area contributed by atoms with Crippen molar-refractivity contribution in [3.8, 4) is 0 Å². The summed E-state index contributed by atoms with van der Waals surface area (Å²) in [6.07, 6.45) is 3.59. The van der Waals surface area contributed by atoms with Crippen LogP contribution in [0.4, 0.5) is 11.4 Å². The number of amides is 2. The average molecular weight is 318 g/mol. The molecule has 1 aliphatic heterocycles. The zero-order valence-corrected chi connectivity index (χ0v) is 13.9. The maximum absolute atomic E-state index is 12.2. The van der Waals surface area contributed by atoms with Crippen molar-refractivity contribution in [2.75, 3.05) is 43.9 Å². The van der Waals surface area contributed by atoms with E-state index in [0.29, 0.717) is 12.2 Å². The number of aryl methyl sites for hydroxylation is 1. The van der Waals surface area contributed by atoms with Gasteiger partial charge in [-0.3, -0.25) is 14.5 Å². The monoisotopic (exact) mass is 318 g/mol. The molecule has 0 bridgehead atoms. The number of hydrogen-bond donors (Lipinski definition) is 3. The van der Waals surface area contributed by atoms with Gasteiger partial charge in [-0.2, -0.15) is 0 Å². The van der Waals surface area contributed by atoms with Crippen LogP contribution in [0.15, 0.2) is 18.2 Å². The summed E-state index contributed by atoms with van der Waals surface area (Å²) in [6, 6.07) is 5.53. The van der Waals surface area contributed by atoms with Crippen LogP contribution in [-0.2, 0) is 9.59 Å². The van der Waals surface area contributed by atoms with E-state index in [9.17, 15) is 9.59 Å². The standard InChI is InChI=1S/C17H26N4O2/c1-13-6-7-14(19-16(22)11-18-2)10-15(13)20-17(23)12-21-8-4-3-5-9-21/h6-7,10,18H,3-5,8-9,11-12H2,1-2H3,(H,19,22)(H,20,23). The van der Waals surface area contributed by atoms with Crippen molar-refractivity contribution in [3.05, 3.63) is 23.8 Å². The van der Waals surface area contributed by atoms with Gasteiger partial charge in [0.2, 0.25) is 11.8 Å². The zero-order valence-electron chi connectivity index (χ0n) is 13.9. The summed E-state index contributed by atoms with van der Waals surface area (Å²) in [7, 11) is 1.72. The Balaban J connectivity index is 1.95. The van der Waals surface area contributed by atoms with Crippen molar-refractivity contribution < 1.29 is 9.59 Å². The molecule has 0 radical (unpaired) electrons. The van der Waals surface area contributed by atoms with Gasteiger partial charge in [0, 0.05) is 11.4 Å². The van der Waals surface area contributed by atoms with Crippen molar-refractivity contribution in [1.82, 2.24) is 10.2 Å². The molecule has 126 valence electrons. The highest BCUT2D eigenvalue weighted by atomic mass is 16.2. The lowest BCUT2D eigenvalue weighted by atomic mass is 10.1. The maximum Gasteiger partial charge on any atom is 0.238 e. The van der Waals surface area contributed by atoms with Gasteiger partial charge >= 0.3 is 0 Å². The molecule has 0 spiro atoms. The maximum atomic E-state index is 12.2. The number of rotatable bonds is 6. The SMILES string of the molecule is CNCC(=O)Nc1ccc(C)c(NC(=O)CN2CCCCC2)c1. The molecule has 6 heteroatoms. The van der Waals surface area contributed by atoms with E-state index in [1.54, 1.807) is 13.1 Å². The first-order valence-corrected chi connectivity index (χ1v) is 8.16. The molecule has 0 saturated carbocycles. The van der Waals surface area contributed by atoms with Crippen LogP contribution in [-0.4, -0.2) is 49.9 Å². The molecule has 23 heavy (non-hydrogen) atoms. The van der Waals surface area contributed by atoms with Crippen LogP contribution in [0.5, 0.6) is 0 Å². The zero-order chi connectivity index (χ0) is 16.7. The summed E-state index contributed by atoms with van der Waals surface area (Å²) in [5.74, 6) is -0.115. The van der Waals surface area contributed by atoms with Gasteiger partial charge in [0.1, 0.15) is 0 Å². The molecule has 1 heterocycles. The summed E-state index contributed by atoms with van der Waals surface area (Å²) in [6.45, 7) is 4.61. The highest BCUT2D eigenvalue weighted by Gasteiger charge is 2.14. The van der Waals surface area contributed by atoms with E-state index in [4.69, 9.17) is 0 Å². The minimum Gasteiger partial charge on any atom is -0.325 e. The summed E-state index contributed by atoms with van der Waals surface area (Å²) < 4.78 is 0. The van der Waals surface area contributed by atoms with Crippen molar-refractivity contribution in [2.45, 2.75) is 26.2 Å². The van der Waals surface area contributed by atoms with Crippen molar-refractivity contribution in [2.24, 2.45) is 0 Å². The van der Waals surface area contributed by atoms with E-state index in [0.717, 1.165) is 24.3 Å². The number of anilines is 2. The quantitative estimate of drug-likeness (QED) is 0.744. The van der Waals surface area contributed by atoms with Crippen LogP contribution < -0.4 is 16.0 Å². The molecular formula is C17H26N4O2. The summed E-state index contributed by atoms with van der Waals surface area (Å²) in [5.41, 5.74) is 2.40. The van der Waals surface area contributed by atoms with E-state index in [1.807, 2.05) is 19.1 Å². The molecule has 1 saturated heterocycles. The molecule has 6 nitrogen and oxygen atoms in total. The van der Waals surface area contributed by atoms with E-state index >= 15 is 0 Å². The largest absolute Gasteiger partial charge is 0.325 e. The topological polar surface area (TPSA) is 73.5 Å². The molecular weight excluding hydrogens is 292 g/mol. The normalized spacial score (nSPS) is 15.2. The van der Waals surface area contributed by atoms with Crippen LogP contribution in [0.3, 0.4) is 0 Å². The third kappa shape index (κ3) is 5.65. The number of likely N-dealkylation sites (tertiary alicyclic amines) is 1. The lowest BCUT2D eigenvalue weighted by Gasteiger charge is -2.25. The van der Waals surface area contributed by atoms with Crippen LogP contribution >= 0.6 is 0 Å². The molecule has 2 amide bonds. The Hall–Kier alpha value is -1.92. The number of likely N-dealkylation sites (N-methyl/N-ethyl adjacent to an activating group) is 1. The lowest BCUT2D eigenvalue weighted by Crippen LogP contribution is -2.36. The second-order valence-corrected chi connectivity index (χ2v) is 5.99. The Morgan fingerprint density at radius 3 is 2.52 bits per heavy atom. The Morgan fingerprint density at radius 2 is 1.83 bits per heavy atom. The number of nitrogens with zero attached hydrogens (tertiary/aromatic N) is 1. The first-order valence-electron chi connectivity index (χ1n) is 8.16. The molecule has 0 aromatic heterocycles. The third-order valence-electron chi connectivity index (χ3n) is 3.95. The second-order valence-electron chi connectivity index (χ2n) is 5.99. The fraction of sp³-hybridized carbons (Fsp3) is 0.529. The van der Waals surface area contributed by atoms with Gasteiger partial charge < -0.3 is 16.0 Å². The average Bonchev–Trinajstić information content (AvgIpc) is 2.52. The fourth-order valence-corrected chi connectivity index (χ4v) is 2.71. The molecule has 3 N–H and O–H groups in total.